The summed E-state index contributed by atoms with van der Waals surface area (Å²) in [7, 11) is 0. The summed E-state index contributed by atoms with van der Waals surface area (Å²) in [5, 5.41) is 9.53. The topological polar surface area (TPSA) is 98.5 Å². The van der Waals surface area contributed by atoms with Gasteiger partial charge in [0.2, 0.25) is 11.7 Å². The van der Waals surface area contributed by atoms with Gasteiger partial charge in [-0.3, -0.25) is 0 Å². The Morgan fingerprint density at radius 1 is 1.35 bits per heavy atom. The Kier molecular flexibility index (Phi) is 4.60. The van der Waals surface area contributed by atoms with E-state index in [9.17, 15) is 4.79 Å². The maximum absolute atomic E-state index is 12.2. The second kappa shape index (κ2) is 7.05. The Morgan fingerprint density at radius 2 is 2.19 bits per heavy atom. The molecule has 26 heavy (non-hydrogen) atoms. The first-order valence-corrected chi connectivity index (χ1v) is 8.89. The van der Waals surface area contributed by atoms with E-state index in [4.69, 9.17) is 14.0 Å². The number of aromatic nitrogens is 2. The Morgan fingerprint density at radius 3 is 2.96 bits per heavy atom. The van der Waals surface area contributed by atoms with E-state index in [0.29, 0.717) is 30.6 Å². The summed E-state index contributed by atoms with van der Waals surface area (Å²) in [6.07, 6.45) is 4.05. The van der Waals surface area contributed by atoms with Crippen molar-refractivity contribution in [3.8, 4) is 11.4 Å². The number of hydrogen-bond donors (Lipinski definition) is 2. The summed E-state index contributed by atoms with van der Waals surface area (Å²) in [6, 6.07) is 7.00. The maximum atomic E-state index is 12.2. The fourth-order valence-corrected chi connectivity index (χ4v) is 3.43. The quantitative estimate of drug-likeness (QED) is 0.872. The number of nitrogens with one attached hydrogen (secondary N) is 2. The van der Waals surface area contributed by atoms with Gasteiger partial charge in [-0.05, 0) is 25.0 Å². The molecule has 2 N–H and O–H groups in total. The summed E-state index contributed by atoms with van der Waals surface area (Å²) >= 11 is 0. The van der Waals surface area contributed by atoms with E-state index in [2.05, 4.69) is 20.8 Å². The molecule has 8 heteroatoms. The van der Waals surface area contributed by atoms with Crippen LogP contribution in [0.3, 0.4) is 0 Å². The fraction of sp³-hybridized carbons (Fsp3) is 0.500. The number of ether oxygens (including phenoxy) is 2. The Bertz CT molecular complexity index is 785. The van der Waals surface area contributed by atoms with Gasteiger partial charge < -0.3 is 24.6 Å². The molecule has 0 radical (unpaired) electrons. The van der Waals surface area contributed by atoms with Gasteiger partial charge in [-0.15, -0.1) is 0 Å². The molecule has 1 aliphatic carbocycles. The average molecular weight is 358 g/mol. The van der Waals surface area contributed by atoms with Crippen LogP contribution < -0.4 is 10.6 Å². The van der Waals surface area contributed by atoms with Crippen LogP contribution in [0, 0.1) is 6.92 Å². The lowest BCUT2D eigenvalue weighted by Gasteiger charge is -2.22. The van der Waals surface area contributed by atoms with Crippen molar-refractivity contribution in [1.82, 2.24) is 15.5 Å². The molecule has 1 aromatic carbocycles. The Labute approximate surface area is 151 Å². The number of benzene rings is 1. The number of amides is 2. The van der Waals surface area contributed by atoms with Crippen LogP contribution in [0.5, 0.6) is 0 Å². The standard InChI is InChI=1S/C18H22N4O4/c1-12-20-16(22-26-12)13-5-4-6-14(9-13)21-17(23)19-10-15-11-24-18(25-15)7-2-3-8-18/h4-6,9,15H,2-3,7-8,10-11H2,1H3,(H2,19,21,23)/t15-/m1/s1. The number of nitrogens with zero attached hydrogens (tertiary/aromatic N) is 2. The highest BCUT2D eigenvalue weighted by Crippen LogP contribution is 2.38. The zero-order valence-electron chi connectivity index (χ0n) is 14.7. The molecule has 1 aromatic heterocycles. The van der Waals surface area contributed by atoms with Crippen LogP contribution in [-0.2, 0) is 9.47 Å². The minimum atomic E-state index is -0.403. The third kappa shape index (κ3) is 3.71. The first-order chi connectivity index (χ1) is 12.6. The van der Waals surface area contributed by atoms with Crippen molar-refractivity contribution in [2.75, 3.05) is 18.5 Å². The molecule has 138 valence electrons. The number of aryl methyl sites for hydroxylation is 1. The zero-order valence-corrected chi connectivity index (χ0v) is 14.7. The van der Waals surface area contributed by atoms with E-state index in [1.165, 1.54) is 0 Å². The van der Waals surface area contributed by atoms with Gasteiger partial charge in [-0.1, -0.05) is 17.3 Å². The van der Waals surface area contributed by atoms with Crippen LogP contribution in [0.4, 0.5) is 10.5 Å². The largest absolute Gasteiger partial charge is 0.347 e. The number of urea groups is 1. The van der Waals surface area contributed by atoms with Crippen molar-refractivity contribution in [2.45, 2.75) is 44.5 Å². The Balaban J connectivity index is 1.30. The molecule has 2 aromatic rings. The number of rotatable bonds is 4. The molecular weight excluding hydrogens is 336 g/mol. The van der Waals surface area contributed by atoms with Gasteiger partial charge in [0.1, 0.15) is 6.10 Å². The highest BCUT2D eigenvalue weighted by molar-refractivity contribution is 5.89. The summed E-state index contributed by atoms with van der Waals surface area (Å²) in [5.74, 6) is 0.583. The minimum Gasteiger partial charge on any atom is -0.347 e. The fourth-order valence-electron chi connectivity index (χ4n) is 3.43. The van der Waals surface area contributed by atoms with Crippen LogP contribution in [0.1, 0.15) is 31.6 Å². The summed E-state index contributed by atoms with van der Waals surface area (Å²) in [5.41, 5.74) is 1.42. The minimum absolute atomic E-state index is 0.104. The van der Waals surface area contributed by atoms with Gasteiger partial charge in [0, 0.05) is 37.6 Å². The third-order valence-corrected chi connectivity index (χ3v) is 4.68. The molecule has 0 bridgehead atoms. The van der Waals surface area contributed by atoms with Crippen LogP contribution >= 0.6 is 0 Å². The van der Waals surface area contributed by atoms with E-state index >= 15 is 0 Å². The first kappa shape index (κ1) is 17.0. The van der Waals surface area contributed by atoms with Gasteiger partial charge >= 0.3 is 6.03 Å². The molecule has 2 heterocycles. The van der Waals surface area contributed by atoms with Gasteiger partial charge in [0.25, 0.3) is 0 Å². The summed E-state index contributed by atoms with van der Waals surface area (Å²) in [4.78, 5) is 16.4. The zero-order chi connectivity index (χ0) is 18.0. The monoisotopic (exact) mass is 358 g/mol. The number of anilines is 1. The average Bonchev–Trinajstić information content (AvgIpc) is 3.36. The smallest absolute Gasteiger partial charge is 0.319 e. The third-order valence-electron chi connectivity index (χ3n) is 4.68. The SMILES string of the molecule is Cc1nc(-c2cccc(NC(=O)NC[C@@H]3COC4(CCCC4)O3)c2)no1. The van der Waals surface area contributed by atoms with E-state index in [1.807, 2.05) is 12.1 Å². The molecule has 4 rings (SSSR count). The van der Waals surface area contributed by atoms with Crippen LogP contribution in [-0.4, -0.2) is 41.2 Å². The lowest BCUT2D eigenvalue weighted by atomic mass is 10.2. The van der Waals surface area contributed by atoms with E-state index < -0.39 is 5.79 Å². The van der Waals surface area contributed by atoms with Gasteiger partial charge in [-0.25, -0.2) is 4.79 Å². The number of carbonyl (C=O) groups excluding carboxylic acids is 1. The molecule has 2 aliphatic rings. The van der Waals surface area contributed by atoms with E-state index in [1.54, 1.807) is 19.1 Å². The van der Waals surface area contributed by atoms with Crippen LogP contribution in [0.2, 0.25) is 0 Å². The molecular formula is C18H22N4O4. The normalized spacial score (nSPS) is 21.2. The number of carbonyl (C=O) groups is 1. The van der Waals surface area contributed by atoms with Crippen molar-refractivity contribution in [3.05, 3.63) is 30.2 Å². The molecule has 1 saturated carbocycles. The molecule has 8 nitrogen and oxygen atoms in total. The molecule has 1 spiro atoms. The lowest BCUT2D eigenvalue weighted by molar-refractivity contribution is -0.160. The second-order valence-corrected chi connectivity index (χ2v) is 6.72. The first-order valence-electron chi connectivity index (χ1n) is 8.89. The van der Waals surface area contributed by atoms with Crippen molar-refractivity contribution in [3.63, 3.8) is 0 Å². The van der Waals surface area contributed by atoms with Crippen molar-refractivity contribution in [1.29, 1.82) is 0 Å². The molecule has 1 saturated heterocycles. The molecule has 2 amide bonds. The molecule has 1 atom stereocenters. The second-order valence-electron chi connectivity index (χ2n) is 6.72. The highest BCUT2D eigenvalue weighted by atomic mass is 16.7. The van der Waals surface area contributed by atoms with Crippen molar-refractivity contribution >= 4 is 11.7 Å². The van der Waals surface area contributed by atoms with Crippen molar-refractivity contribution in [2.24, 2.45) is 0 Å². The highest BCUT2D eigenvalue weighted by Gasteiger charge is 2.43. The molecule has 2 fully saturated rings. The van der Waals surface area contributed by atoms with Gasteiger partial charge in [-0.2, -0.15) is 4.98 Å². The maximum Gasteiger partial charge on any atom is 0.319 e. The van der Waals surface area contributed by atoms with E-state index in [0.717, 1.165) is 31.2 Å². The predicted molar refractivity (Wildman–Crippen MR) is 93.5 cm³/mol. The molecule has 1 aliphatic heterocycles. The molecule has 0 unspecified atom stereocenters. The van der Waals surface area contributed by atoms with E-state index in [-0.39, 0.29) is 12.1 Å². The summed E-state index contributed by atoms with van der Waals surface area (Å²) < 4.78 is 16.8. The summed E-state index contributed by atoms with van der Waals surface area (Å²) in [6.45, 7) is 2.67. The lowest BCUT2D eigenvalue weighted by Crippen LogP contribution is -2.37. The van der Waals surface area contributed by atoms with Crippen LogP contribution in [0.15, 0.2) is 28.8 Å². The van der Waals surface area contributed by atoms with Gasteiger partial charge in [0.15, 0.2) is 5.79 Å². The predicted octanol–water partition coefficient (Wildman–Crippen LogP) is 2.85. The van der Waals surface area contributed by atoms with Crippen molar-refractivity contribution < 1.29 is 18.8 Å². The number of hydrogen-bond acceptors (Lipinski definition) is 6. The Hall–Kier alpha value is -2.45. The van der Waals surface area contributed by atoms with Crippen LogP contribution in [0.25, 0.3) is 11.4 Å². The van der Waals surface area contributed by atoms with Gasteiger partial charge in [0.05, 0.1) is 6.61 Å².